The molecule has 0 saturated heterocycles. The highest BCUT2D eigenvalue weighted by Gasteiger charge is 2.13. The number of nitrogens with zero attached hydrogens (tertiary/aromatic N) is 1. The Hall–Kier alpha value is -1.69. The summed E-state index contributed by atoms with van der Waals surface area (Å²) in [6, 6.07) is 1.87. The van der Waals surface area contributed by atoms with Crippen molar-refractivity contribution in [3.8, 4) is 0 Å². The first-order valence-corrected chi connectivity index (χ1v) is 6.24. The number of hydrogen-bond donors (Lipinski definition) is 2. The van der Waals surface area contributed by atoms with E-state index in [0.717, 1.165) is 25.2 Å². The molecule has 19 heavy (non-hydrogen) atoms. The van der Waals surface area contributed by atoms with Gasteiger partial charge in [0, 0.05) is 18.7 Å². The molecule has 6 heteroatoms. The molecule has 1 aromatic carbocycles. The van der Waals surface area contributed by atoms with Gasteiger partial charge in [0.25, 0.3) is 5.91 Å². The molecule has 0 bridgehead atoms. The van der Waals surface area contributed by atoms with Gasteiger partial charge in [0.15, 0.2) is 0 Å². The number of nitrogen functional groups attached to an aromatic ring is 1. The SMILES string of the molecule is CCN(CC)CCNC(=O)c1cc(F)c(N)c(F)c1. The summed E-state index contributed by atoms with van der Waals surface area (Å²) in [4.78, 5) is 13.8. The fourth-order valence-corrected chi connectivity index (χ4v) is 1.68. The van der Waals surface area contributed by atoms with E-state index in [1.165, 1.54) is 0 Å². The first-order chi connectivity index (χ1) is 8.99. The molecular weight excluding hydrogens is 252 g/mol. The monoisotopic (exact) mass is 271 g/mol. The van der Waals surface area contributed by atoms with Crippen molar-refractivity contribution in [2.24, 2.45) is 0 Å². The Kier molecular flexibility index (Phi) is 5.69. The quantitative estimate of drug-likeness (QED) is 0.773. The van der Waals surface area contributed by atoms with Gasteiger partial charge in [0.2, 0.25) is 0 Å². The maximum Gasteiger partial charge on any atom is 0.251 e. The van der Waals surface area contributed by atoms with Gasteiger partial charge in [-0.15, -0.1) is 0 Å². The molecule has 1 aromatic rings. The first-order valence-electron chi connectivity index (χ1n) is 6.24. The number of likely N-dealkylation sites (N-methyl/N-ethyl adjacent to an activating group) is 1. The second kappa shape index (κ2) is 7.04. The van der Waals surface area contributed by atoms with Crippen molar-refractivity contribution >= 4 is 11.6 Å². The number of benzene rings is 1. The van der Waals surface area contributed by atoms with Gasteiger partial charge in [-0.05, 0) is 25.2 Å². The van der Waals surface area contributed by atoms with Gasteiger partial charge in [0.05, 0.1) is 0 Å². The zero-order chi connectivity index (χ0) is 14.4. The molecular formula is C13H19F2N3O. The highest BCUT2D eigenvalue weighted by atomic mass is 19.1. The number of halogens is 2. The molecule has 0 aliphatic heterocycles. The normalized spacial score (nSPS) is 10.8. The van der Waals surface area contributed by atoms with E-state index in [2.05, 4.69) is 10.2 Å². The topological polar surface area (TPSA) is 58.4 Å². The minimum absolute atomic E-state index is 0.0660. The third kappa shape index (κ3) is 4.17. The summed E-state index contributed by atoms with van der Waals surface area (Å²) in [6.45, 7) is 6.94. The van der Waals surface area contributed by atoms with E-state index < -0.39 is 23.2 Å². The van der Waals surface area contributed by atoms with Crippen LogP contribution in [-0.4, -0.2) is 37.0 Å². The molecule has 0 aromatic heterocycles. The van der Waals surface area contributed by atoms with Crippen LogP contribution in [0.25, 0.3) is 0 Å². The minimum Gasteiger partial charge on any atom is -0.394 e. The molecule has 0 unspecified atom stereocenters. The minimum atomic E-state index is -0.922. The Labute approximate surface area is 111 Å². The number of anilines is 1. The number of carbonyl (C=O) groups excluding carboxylic acids is 1. The fourth-order valence-electron chi connectivity index (χ4n) is 1.68. The van der Waals surface area contributed by atoms with Crippen molar-refractivity contribution in [3.63, 3.8) is 0 Å². The molecule has 0 atom stereocenters. The van der Waals surface area contributed by atoms with Crippen LogP contribution in [-0.2, 0) is 0 Å². The molecule has 0 aliphatic carbocycles. The van der Waals surface area contributed by atoms with Crippen molar-refractivity contribution in [3.05, 3.63) is 29.3 Å². The van der Waals surface area contributed by atoms with Crippen molar-refractivity contribution in [2.75, 3.05) is 31.9 Å². The maximum absolute atomic E-state index is 13.2. The summed E-state index contributed by atoms with van der Waals surface area (Å²) in [5, 5.41) is 2.62. The van der Waals surface area contributed by atoms with Gasteiger partial charge in [-0.25, -0.2) is 8.78 Å². The fraction of sp³-hybridized carbons (Fsp3) is 0.462. The third-order valence-electron chi connectivity index (χ3n) is 2.95. The summed E-state index contributed by atoms with van der Waals surface area (Å²) >= 11 is 0. The highest BCUT2D eigenvalue weighted by Crippen LogP contribution is 2.17. The van der Waals surface area contributed by atoms with E-state index >= 15 is 0 Å². The van der Waals surface area contributed by atoms with Gasteiger partial charge in [-0.1, -0.05) is 13.8 Å². The highest BCUT2D eigenvalue weighted by molar-refractivity contribution is 5.94. The molecule has 0 spiro atoms. The Morgan fingerprint density at radius 3 is 2.26 bits per heavy atom. The lowest BCUT2D eigenvalue weighted by atomic mass is 10.1. The average Bonchev–Trinajstić information content (AvgIpc) is 2.40. The molecule has 0 heterocycles. The van der Waals surface area contributed by atoms with Crippen LogP contribution >= 0.6 is 0 Å². The van der Waals surface area contributed by atoms with Gasteiger partial charge < -0.3 is 16.0 Å². The van der Waals surface area contributed by atoms with Crippen molar-refractivity contribution in [2.45, 2.75) is 13.8 Å². The predicted molar refractivity (Wildman–Crippen MR) is 70.9 cm³/mol. The molecule has 3 N–H and O–H groups in total. The van der Waals surface area contributed by atoms with Gasteiger partial charge >= 0.3 is 0 Å². The standard InChI is InChI=1S/C13H19F2N3O/c1-3-18(4-2)6-5-17-13(19)9-7-10(14)12(16)11(15)8-9/h7-8H,3-6,16H2,1-2H3,(H,17,19). The number of amides is 1. The lowest BCUT2D eigenvalue weighted by Gasteiger charge is -2.18. The summed E-state index contributed by atoms with van der Waals surface area (Å²) in [5.74, 6) is -2.35. The lowest BCUT2D eigenvalue weighted by molar-refractivity contribution is 0.0948. The van der Waals surface area contributed by atoms with Crippen LogP contribution in [0.15, 0.2) is 12.1 Å². The largest absolute Gasteiger partial charge is 0.394 e. The van der Waals surface area contributed by atoms with Crippen LogP contribution in [0.5, 0.6) is 0 Å². The zero-order valence-corrected chi connectivity index (χ0v) is 11.2. The molecule has 4 nitrogen and oxygen atoms in total. The molecule has 1 amide bonds. The van der Waals surface area contributed by atoms with E-state index in [-0.39, 0.29) is 5.56 Å². The Balaban J connectivity index is 2.59. The van der Waals surface area contributed by atoms with Crippen molar-refractivity contribution < 1.29 is 13.6 Å². The van der Waals surface area contributed by atoms with Gasteiger partial charge in [-0.3, -0.25) is 4.79 Å². The van der Waals surface area contributed by atoms with Crippen LogP contribution < -0.4 is 11.1 Å². The summed E-state index contributed by atoms with van der Waals surface area (Å²) < 4.78 is 26.4. The van der Waals surface area contributed by atoms with E-state index in [0.29, 0.717) is 13.1 Å². The molecule has 0 aliphatic rings. The van der Waals surface area contributed by atoms with Gasteiger partial charge in [0.1, 0.15) is 17.3 Å². The molecule has 1 rings (SSSR count). The van der Waals surface area contributed by atoms with Crippen molar-refractivity contribution in [1.82, 2.24) is 10.2 Å². The molecule has 106 valence electrons. The maximum atomic E-state index is 13.2. The molecule has 0 radical (unpaired) electrons. The second-order valence-corrected chi connectivity index (χ2v) is 4.14. The Morgan fingerprint density at radius 1 is 1.26 bits per heavy atom. The summed E-state index contributed by atoms with van der Waals surface area (Å²) in [5.41, 5.74) is 4.50. The predicted octanol–water partition coefficient (Wildman–Crippen LogP) is 1.62. The van der Waals surface area contributed by atoms with E-state index in [1.54, 1.807) is 0 Å². The molecule has 0 fully saturated rings. The van der Waals surface area contributed by atoms with Crippen LogP contribution in [0.3, 0.4) is 0 Å². The summed E-state index contributed by atoms with van der Waals surface area (Å²) in [6.07, 6.45) is 0. The summed E-state index contributed by atoms with van der Waals surface area (Å²) in [7, 11) is 0. The van der Waals surface area contributed by atoms with Crippen LogP contribution in [0, 0.1) is 11.6 Å². The van der Waals surface area contributed by atoms with Crippen LogP contribution in [0.2, 0.25) is 0 Å². The number of nitrogens with two attached hydrogens (primary N) is 1. The number of carbonyl (C=O) groups is 1. The zero-order valence-electron chi connectivity index (χ0n) is 11.2. The van der Waals surface area contributed by atoms with Crippen molar-refractivity contribution in [1.29, 1.82) is 0 Å². The first kappa shape index (κ1) is 15.4. The van der Waals surface area contributed by atoms with E-state index in [9.17, 15) is 13.6 Å². The lowest BCUT2D eigenvalue weighted by Crippen LogP contribution is -2.34. The van der Waals surface area contributed by atoms with Crippen LogP contribution in [0.1, 0.15) is 24.2 Å². The average molecular weight is 271 g/mol. The Morgan fingerprint density at radius 2 is 1.79 bits per heavy atom. The van der Waals surface area contributed by atoms with E-state index in [1.807, 2.05) is 13.8 Å². The third-order valence-corrected chi connectivity index (χ3v) is 2.95. The molecule has 0 saturated carbocycles. The second-order valence-electron chi connectivity index (χ2n) is 4.14. The number of rotatable bonds is 6. The smallest absolute Gasteiger partial charge is 0.251 e. The number of nitrogens with one attached hydrogen (secondary N) is 1. The van der Waals surface area contributed by atoms with E-state index in [4.69, 9.17) is 5.73 Å². The number of hydrogen-bond acceptors (Lipinski definition) is 3. The Bertz CT molecular complexity index is 425. The van der Waals surface area contributed by atoms with Gasteiger partial charge in [-0.2, -0.15) is 0 Å². The van der Waals surface area contributed by atoms with Crippen LogP contribution in [0.4, 0.5) is 14.5 Å².